The molecule has 0 aromatic carbocycles. The van der Waals surface area contributed by atoms with Crippen molar-refractivity contribution in [2.45, 2.75) is 181 Å². The summed E-state index contributed by atoms with van der Waals surface area (Å²) in [5.74, 6) is -1.07. The molecule has 0 fully saturated rings. The Balaban J connectivity index is 4.48. The van der Waals surface area contributed by atoms with E-state index in [1.807, 2.05) is 6.08 Å². The molecule has 1 atom stereocenters. The summed E-state index contributed by atoms with van der Waals surface area (Å²) in [7, 11) is 0. The predicted octanol–water partition coefficient (Wildman–Crippen LogP) is 12.7. The van der Waals surface area contributed by atoms with E-state index in [0.717, 1.165) is 89.9 Å². The van der Waals surface area contributed by atoms with Gasteiger partial charge in [0.15, 0.2) is 6.10 Å². The number of hydrogen-bond donors (Lipinski definition) is 0. The summed E-state index contributed by atoms with van der Waals surface area (Å²) in [6, 6.07) is 0. The summed E-state index contributed by atoms with van der Waals surface area (Å²) in [5.41, 5.74) is 0. The number of rotatable bonds is 35. The van der Waals surface area contributed by atoms with Crippen LogP contribution in [0, 0.1) is 0 Å². The van der Waals surface area contributed by atoms with Gasteiger partial charge < -0.3 is 14.2 Å². The van der Waals surface area contributed by atoms with Gasteiger partial charge >= 0.3 is 17.9 Å². The minimum atomic E-state index is -0.814. The topological polar surface area (TPSA) is 78.9 Å². The highest BCUT2D eigenvalue weighted by Crippen LogP contribution is 2.13. The molecule has 0 aromatic heterocycles. The molecule has 290 valence electrons. The lowest BCUT2D eigenvalue weighted by atomic mass is 10.1. The largest absolute Gasteiger partial charge is 0.462 e. The van der Waals surface area contributed by atoms with Gasteiger partial charge in [0.05, 0.1) is 6.42 Å². The summed E-state index contributed by atoms with van der Waals surface area (Å²) in [5, 5.41) is 0. The molecule has 0 aliphatic carbocycles. The maximum atomic E-state index is 12.6. The van der Waals surface area contributed by atoms with Crippen molar-refractivity contribution in [1.29, 1.82) is 0 Å². The molecule has 0 saturated heterocycles. The second kappa shape index (κ2) is 39.6. The van der Waals surface area contributed by atoms with Crippen LogP contribution in [0.25, 0.3) is 0 Å². The van der Waals surface area contributed by atoms with Gasteiger partial charge in [-0.3, -0.25) is 14.4 Å². The highest BCUT2D eigenvalue weighted by Gasteiger charge is 2.19. The zero-order valence-corrected chi connectivity index (χ0v) is 32.8. The van der Waals surface area contributed by atoms with E-state index in [1.165, 1.54) is 44.9 Å². The number of carbonyl (C=O) groups excluding carboxylic acids is 3. The Morgan fingerprint density at radius 3 is 1.37 bits per heavy atom. The van der Waals surface area contributed by atoms with Gasteiger partial charge in [0, 0.05) is 12.8 Å². The Morgan fingerprint density at radius 1 is 0.431 bits per heavy atom. The van der Waals surface area contributed by atoms with Gasteiger partial charge in [-0.25, -0.2) is 0 Å². The molecular weight excluding hydrogens is 636 g/mol. The Hall–Kier alpha value is -3.15. The predicted molar refractivity (Wildman–Crippen MR) is 214 cm³/mol. The van der Waals surface area contributed by atoms with Crippen molar-refractivity contribution in [3.05, 3.63) is 72.9 Å². The quantitative estimate of drug-likeness (QED) is 0.0282. The third kappa shape index (κ3) is 37.9. The van der Waals surface area contributed by atoms with Crippen LogP contribution in [-0.4, -0.2) is 37.2 Å². The molecule has 0 radical (unpaired) electrons. The van der Waals surface area contributed by atoms with Crippen molar-refractivity contribution >= 4 is 17.9 Å². The summed E-state index contributed by atoms with van der Waals surface area (Å²) >= 11 is 0. The van der Waals surface area contributed by atoms with E-state index in [1.54, 1.807) is 6.08 Å². The van der Waals surface area contributed by atoms with Gasteiger partial charge in [-0.05, 0) is 64.2 Å². The van der Waals surface area contributed by atoms with Crippen molar-refractivity contribution in [2.24, 2.45) is 0 Å². The molecule has 0 spiro atoms. The van der Waals surface area contributed by atoms with E-state index in [4.69, 9.17) is 14.2 Å². The normalized spacial score (nSPS) is 12.8. The standard InChI is InChI=1S/C45H74O6/c1-4-7-10-13-16-19-21-22-23-24-27-29-32-35-38-44(47)50-41-42(40-49-43(46)37-34-31-28-25-18-15-12-9-6-3)51-45(48)39-36-33-30-26-20-17-14-11-8-5-2/h7,9-10,12,16,18-19,22-23,25,31,34,42H,4-6,8,11,13-15,17,20-21,24,26-30,32-33,35-41H2,1-3H3/b10-7-,12-9-,19-16-,23-22-,25-18-,34-31-. The zero-order valence-electron chi connectivity index (χ0n) is 32.8. The molecule has 6 nitrogen and oxygen atoms in total. The summed E-state index contributed by atoms with van der Waals surface area (Å²) in [4.78, 5) is 37.4. The minimum Gasteiger partial charge on any atom is -0.462 e. The van der Waals surface area contributed by atoms with Crippen LogP contribution in [-0.2, 0) is 28.6 Å². The lowest BCUT2D eigenvalue weighted by Crippen LogP contribution is -2.30. The number of carbonyl (C=O) groups is 3. The van der Waals surface area contributed by atoms with Gasteiger partial charge in [-0.15, -0.1) is 0 Å². The summed E-state index contributed by atoms with van der Waals surface area (Å²) < 4.78 is 16.5. The Labute approximate surface area is 312 Å². The number of unbranched alkanes of at least 4 members (excludes halogenated alkanes) is 13. The van der Waals surface area contributed by atoms with E-state index >= 15 is 0 Å². The van der Waals surface area contributed by atoms with Crippen LogP contribution >= 0.6 is 0 Å². The van der Waals surface area contributed by atoms with Gasteiger partial charge in [0.1, 0.15) is 13.2 Å². The SMILES string of the molecule is CC/C=C\C/C=C\C/C=C\CCCCCCC(=O)OCC(COC(=O)C/C=C\C/C=C\C/C=C\CC)OC(=O)CCCCCCCCCCCC. The molecule has 6 heteroatoms. The van der Waals surface area contributed by atoms with Gasteiger partial charge in [-0.2, -0.15) is 0 Å². The first-order valence-corrected chi connectivity index (χ1v) is 20.4. The maximum absolute atomic E-state index is 12.6. The molecular formula is C45H74O6. The van der Waals surface area contributed by atoms with E-state index < -0.39 is 12.1 Å². The molecule has 0 bridgehead atoms. The monoisotopic (exact) mass is 711 g/mol. The first-order chi connectivity index (χ1) is 25.0. The third-order valence-electron chi connectivity index (χ3n) is 8.24. The van der Waals surface area contributed by atoms with Gasteiger partial charge in [-0.1, -0.05) is 164 Å². The molecule has 0 heterocycles. The van der Waals surface area contributed by atoms with E-state index in [9.17, 15) is 14.4 Å². The molecule has 0 N–H and O–H groups in total. The Bertz CT molecular complexity index is 1000. The van der Waals surface area contributed by atoms with E-state index in [-0.39, 0.29) is 31.6 Å². The molecule has 51 heavy (non-hydrogen) atoms. The third-order valence-corrected chi connectivity index (χ3v) is 8.24. The van der Waals surface area contributed by atoms with Crippen molar-refractivity contribution in [3.63, 3.8) is 0 Å². The molecule has 1 unspecified atom stereocenters. The van der Waals surface area contributed by atoms with Crippen LogP contribution in [0.5, 0.6) is 0 Å². The van der Waals surface area contributed by atoms with E-state index in [2.05, 4.69) is 81.5 Å². The maximum Gasteiger partial charge on any atom is 0.309 e. The lowest BCUT2D eigenvalue weighted by Gasteiger charge is -2.18. The number of esters is 3. The first-order valence-electron chi connectivity index (χ1n) is 20.4. The molecule has 0 rings (SSSR count). The minimum absolute atomic E-state index is 0.114. The fourth-order valence-corrected chi connectivity index (χ4v) is 5.22. The second-order valence-corrected chi connectivity index (χ2v) is 13.2. The molecule has 0 saturated carbocycles. The fourth-order valence-electron chi connectivity index (χ4n) is 5.22. The molecule has 0 amide bonds. The van der Waals surface area contributed by atoms with Crippen molar-refractivity contribution in [3.8, 4) is 0 Å². The van der Waals surface area contributed by atoms with Crippen LogP contribution in [0.1, 0.15) is 175 Å². The van der Waals surface area contributed by atoms with Crippen molar-refractivity contribution in [1.82, 2.24) is 0 Å². The average molecular weight is 711 g/mol. The van der Waals surface area contributed by atoms with Gasteiger partial charge in [0.2, 0.25) is 0 Å². The number of ether oxygens (including phenoxy) is 3. The van der Waals surface area contributed by atoms with Gasteiger partial charge in [0.25, 0.3) is 0 Å². The Kier molecular flexibility index (Phi) is 37.2. The highest BCUT2D eigenvalue weighted by molar-refractivity contribution is 5.72. The zero-order chi connectivity index (χ0) is 37.3. The fraction of sp³-hybridized carbons (Fsp3) is 0.667. The molecule has 0 aliphatic rings. The lowest BCUT2D eigenvalue weighted by molar-refractivity contribution is -0.166. The first kappa shape index (κ1) is 47.8. The van der Waals surface area contributed by atoms with Crippen LogP contribution in [0.3, 0.4) is 0 Å². The van der Waals surface area contributed by atoms with Crippen molar-refractivity contribution < 1.29 is 28.6 Å². The summed E-state index contributed by atoms with van der Waals surface area (Å²) in [6.45, 7) is 6.24. The van der Waals surface area contributed by atoms with Crippen LogP contribution in [0.4, 0.5) is 0 Å². The van der Waals surface area contributed by atoms with Crippen LogP contribution in [0.2, 0.25) is 0 Å². The number of hydrogen-bond acceptors (Lipinski definition) is 6. The Morgan fingerprint density at radius 2 is 0.843 bits per heavy atom. The number of allylic oxidation sites excluding steroid dienone is 11. The van der Waals surface area contributed by atoms with E-state index in [0.29, 0.717) is 12.8 Å². The molecule has 0 aromatic rings. The second-order valence-electron chi connectivity index (χ2n) is 13.2. The van der Waals surface area contributed by atoms with Crippen molar-refractivity contribution in [2.75, 3.05) is 13.2 Å². The summed E-state index contributed by atoms with van der Waals surface area (Å²) in [6.07, 6.45) is 47.8. The highest BCUT2D eigenvalue weighted by atomic mass is 16.6. The van der Waals surface area contributed by atoms with Crippen LogP contribution in [0.15, 0.2) is 72.9 Å². The smallest absolute Gasteiger partial charge is 0.309 e. The average Bonchev–Trinajstić information content (AvgIpc) is 3.12. The van der Waals surface area contributed by atoms with Crippen LogP contribution < -0.4 is 0 Å². The molecule has 0 aliphatic heterocycles.